The first-order chi connectivity index (χ1) is 17.6. The zero-order chi connectivity index (χ0) is 30.1. The minimum atomic E-state index is -7.91. The largest absolute Gasteiger partial charge is 0.460 e. The van der Waals surface area contributed by atoms with Crippen LogP contribution in [0.1, 0.15) is 57.4 Å². The van der Waals surface area contributed by atoms with Crippen molar-refractivity contribution in [3.05, 3.63) is 29.8 Å². The summed E-state index contributed by atoms with van der Waals surface area (Å²) in [4.78, 5) is 12.3. The van der Waals surface area contributed by atoms with E-state index in [9.17, 15) is 61.9 Å². The molecule has 1 aromatic carbocycles. The Kier molecular flexibility index (Phi) is 9.59. The number of aryl methyl sites for hydroxylation is 1. The Morgan fingerprint density at radius 1 is 0.744 bits per heavy atom. The molecule has 1 aromatic rings. The topological polar surface area (TPSA) is 26.3 Å². The van der Waals surface area contributed by atoms with E-state index in [0.717, 1.165) is 49.9 Å². The zero-order valence-electron chi connectivity index (χ0n) is 20.4. The van der Waals surface area contributed by atoms with Crippen molar-refractivity contribution in [3.8, 4) is 5.75 Å². The average molecular weight is 592 g/mol. The van der Waals surface area contributed by atoms with Gasteiger partial charge in [-0.1, -0.05) is 31.9 Å². The average Bonchev–Trinajstić information content (AvgIpc) is 2.83. The van der Waals surface area contributed by atoms with Gasteiger partial charge in [-0.3, -0.25) is 4.79 Å². The predicted molar refractivity (Wildman–Crippen MR) is 112 cm³/mol. The standard InChI is InChI=1S/C24H25F13O2/c1-2-3-14-4-8-16(9-5-14)18(38)39-17-10-6-15(7-11-17)12-13-19(25,26)20(27,28)21(29,30)22(31,32)23(33,34)24(35,36)37/h6-7,10-11,14,16H,2-5,8-9,12-13H2,1H3/t14-,16-. The first kappa shape index (κ1) is 33.0. The van der Waals surface area contributed by atoms with E-state index in [1.807, 2.05) is 6.92 Å². The molecule has 0 amide bonds. The summed E-state index contributed by atoms with van der Waals surface area (Å²) in [5.41, 5.74) is -0.263. The van der Waals surface area contributed by atoms with Gasteiger partial charge in [0.05, 0.1) is 5.92 Å². The van der Waals surface area contributed by atoms with Gasteiger partial charge in [-0.15, -0.1) is 0 Å². The van der Waals surface area contributed by atoms with Crippen LogP contribution in [-0.4, -0.2) is 41.8 Å². The Morgan fingerprint density at radius 2 is 1.23 bits per heavy atom. The Bertz CT molecular complexity index is 963. The molecule has 1 fully saturated rings. The van der Waals surface area contributed by atoms with Gasteiger partial charge < -0.3 is 4.74 Å². The number of carbonyl (C=O) groups excluding carboxylic acids is 1. The summed E-state index contributed by atoms with van der Waals surface area (Å²) < 4.78 is 177. The lowest BCUT2D eigenvalue weighted by molar-refractivity contribution is -0.440. The smallest absolute Gasteiger partial charge is 0.426 e. The summed E-state index contributed by atoms with van der Waals surface area (Å²) in [5, 5.41) is 0. The maximum atomic E-state index is 14.0. The van der Waals surface area contributed by atoms with Crippen molar-refractivity contribution in [1.82, 2.24) is 0 Å². The first-order valence-electron chi connectivity index (χ1n) is 11.9. The van der Waals surface area contributed by atoms with Crippen LogP contribution in [0, 0.1) is 11.8 Å². The first-order valence-corrected chi connectivity index (χ1v) is 11.9. The summed E-state index contributed by atoms with van der Waals surface area (Å²) in [6, 6.07) is 4.08. The normalized spacial score (nSPS) is 20.2. The molecule has 0 unspecified atom stereocenters. The van der Waals surface area contributed by atoms with Crippen LogP contribution in [0.15, 0.2) is 24.3 Å². The second-order valence-electron chi connectivity index (χ2n) is 9.57. The van der Waals surface area contributed by atoms with E-state index in [-0.39, 0.29) is 17.2 Å². The highest BCUT2D eigenvalue weighted by atomic mass is 19.4. The van der Waals surface area contributed by atoms with Gasteiger partial charge in [0.2, 0.25) is 0 Å². The molecule has 1 aliphatic rings. The minimum absolute atomic E-state index is 0.0583. The van der Waals surface area contributed by atoms with E-state index >= 15 is 0 Å². The molecule has 2 rings (SSSR count). The van der Waals surface area contributed by atoms with Gasteiger partial charge in [0.25, 0.3) is 0 Å². The van der Waals surface area contributed by atoms with Crippen molar-refractivity contribution < 1.29 is 66.6 Å². The summed E-state index contributed by atoms with van der Waals surface area (Å²) in [6.07, 6.45) is -6.03. The lowest BCUT2D eigenvalue weighted by Gasteiger charge is -2.39. The SMILES string of the molecule is CCC[C@H]1CC[C@H](C(=O)Oc2ccc(CCC(F)(F)C(F)(F)C(F)(F)C(F)(F)C(F)(F)C(F)(F)F)cc2)CC1. The fraction of sp³-hybridized carbons (Fsp3) is 0.708. The van der Waals surface area contributed by atoms with Crippen LogP contribution in [0.4, 0.5) is 57.1 Å². The van der Waals surface area contributed by atoms with Gasteiger partial charge in [-0.2, -0.15) is 57.1 Å². The number of ether oxygens (including phenoxy) is 1. The molecular weight excluding hydrogens is 567 g/mol. The highest BCUT2D eigenvalue weighted by Gasteiger charge is 2.90. The summed E-state index contributed by atoms with van der Waals surface area (Å²) in [6.45, 7) is 2.05. The Labute approximate surface area is 214 Å². The number of carbonyl (C=O) groups is 1. The number of hydrogen-bond donors (Lipinski definition) is 0. The minimum Gasteiger partial charge on any atom is -0.426 e. The van der Waals surface area contributed by atoms with Crippen LogP contribution in [0.2, 0.25) is 0 Å². The van der Waals surface area contributed by atoms with E-state index in [4.69, 9.17) is 4.74 Å². The van der Waals surface area contributed by atoms with Gasteiger partial charge in [0.1, 0.15) is 5.75 Å². The molecule has 15 heteroatoms. The fourth-order valence-electron chi connectivity index (χ4n) is 4.28. The molecule has 0 bridgehead atoms. The number of benzene rings is 1. The molecule has 1 aliphatic carbocycles. The van der Waals surface area contributed by atoms with Crippen LogP contribution in [0.3, 0.4) is 0 Å². The van der Waals surface area contributed by atoms with Crippen LogP contribution in [0.25, 0.3) is 0 Å². The molecule has 0 saturated heterocycles. The van der Waals surface area contributed by atoms with Gasteiger partial charge in [-0.05, 0) is 55.7 Å². The molecule has 0 atom stereocenters. The third-order valence-electron chi connectivity index (χ3n) is 6.74. The van der Waals surface area contributed by atoms with Crippen LogP contribution in [-0.2, 0) is 11.2 Å². The number of alkyl halides is 13. The van der Waals surface area contributed by atoms with Crippen molar-refractivity contribution >= 4 is 5.97 Å². The summed E-state index contributed by atoms with van der Waals surface area (Å²) in [7, 11) is 0. The second-order valence-corrected chi connectivity index (χ2v) is 9.57. The molecule has 0 radical (unpaired) electrons. The van der Waals surface area contributed by atoms with Gasteiger partial charge >= 0.3 is 41.8 Å². The van der Waals surface area contributed by atoms with E-state index in [1.54, 1.807) is 0 Å². The Balaban J connectivity index is 2.06. The summed E-state index contributed by atoms with van der Waals surface area (Å²) in [5.74, 6) is -37.4. The van der Waals surface area contributed by atoms with Gasteiger partial charge in [0, 0.05) is 6.42 Å². The van der Waals surface area contributed by atoms with E-state index in [2.05, 4.69) is 0 Å². The molecule has 2 nitrogen and oxygen atoms in total. The van der Waals surface area contributed by atoms with Crippen LogP contribution in [0.5, 0.6) is 5.75 Å². The number of esters is 1. The molecule has 39 heavy (non-hydrogen) atoms. The zero-order valence-corrected chi connectivity index (χ0v) is 20.4. The maximum Gasteiger partial charge on any atom is 0.460 e. The number of rotatable bonds is 11. The maximum absolute atomic E-state index is 14.0. The molecule has 0 heterocycles. The molecule has 1 saturated carbocycles. The monoisotopic (exact) mass is 592 g/mol. The van der Waals surface area contributed by atoms with Crippen LogP contribution < -0.4 is 4.74 Å². The molecular formula is C24H25F13O2. The van der Waals surface area contributed by atoms with Crippen molar-refractivity contribution in [2.45, 2.75) is 94.1 Å². The third-order valence-corrected chi connectivity index (χ3v) is 6.74. The number of halogens is 13. The van der Waals surface area contributed by atoms with Crippen molar-refractivity contribution in [1.29, 1.82) is 0 Å². The molecule has 0 N–H and O–H groups in total. The quantitative estimate of drug-likeness (QED) is 0.146. The molecule has 224 valence electrons. The lowest BCUT2D eigenvalue weighted by Crippen LogP contribution is -2.70. The van der Waals surface area contributed by atoms with Crippen LogP contribution >= 0.6 is 0 Å². The predicted octanol–water partition coefficient (Wildman–Crippen LogP) is 8.87. The van der Waals surface area contributed by atoms with E-state index in [0.29, 0.717) is 18.8 Å². The van der Waals surface area contributed by atoms with Crippen molar-refractivity contribution in [3.63, 3.8) is 0 Å². The van der Waals surface area contributed by atoms with E-state index in [1.165, 1.54) is 0 Å². The van der Waals surface area contributed by atoms with Gasteiger partial charge in [0.15, 0.2) is 0 Å². The highest BCUT2D eigenvalue weighted by Crippen LogP contribution is 2.60. The molecule has 0 spiro atoms. The van der Waals surface area contributed by atoms with Crippen molar-refractivity contribution in [2.75, 3.05) is 0 Å². The third kappa shape index (κ3) is 6.41. The fourth-order valence-corrected chi connectivity index (χ4v) is 4.28. The molecule has 0 aliphatic heterocycles. The Morgan fingerprint density at radius 3 is 1.69 bits per heavy atom. The van der Waals surface area contributed by atoms with Gasteiger partial charge in [-0.25, -0.2) is 0 Å². The second kappa shape index (κ2) is 11.3. The summed E-state index contributed by atoms with van der Waals surface area (Å²) >= 11 is 0. The van der Waals surface area contributed by atoms with Crippen molar-refractivity contribution in [2.24, 2.45) is 11.8 Å². The lowest BCUT2D eigenvalue weighted by atomic mass is 9.80. The van der Waals surface area contributed by atoms with E-state index < -0.39 is 54.6 Å². The molecule has 0 aromatic heterocycles. The number of hydrogen-bond acceptors (Lipinski definition) is 2. The Hall–Kier alpha value is -2.22. The highest BCUT2D eigenvalue weighted by molar-refractivity contribution is 5.75.